The van der Waals surface area contributed by atoms with Crippen LogP contribution in [0.1, 0.15) is 25.3 Å². The van der Waals surface area contributed by atoms with Gasteiger partial charge in [0.2, 0.25) is 5.82 Å². The zero-order valence-corrected chi connectivity index (χ0v) is 10.9. The van der Waals surface area contributed by atoms with Crippen LogP contribution in [0.25, 0.3) is 0 Å². The molecule has 1 atom stereocenters. The third kappa shape index (κ3) is 3.90. The van der Waals surface area contributed by atoms with Crippen molar-refractivity contribution < 1.29 is 14.8 Å². The van der Waals surface area contributed by atoms with Crippen LogP contribution >= 0.6 is 0 Å². The average Bonchev–Trinajstić information content (AvgIpc) is 2.33. The van der Waals surface area contributed by atoms with E-state index in [0.29, 0.717) is 12.0 Å². The smallest absolute Gasteiger partial charge is 0.314 e. The first-order valence-electron chi connectivity index (χ1n) is 6.04. The molecule has 19 heavy (non-hydrogen) atoms. The highest BCUT2D eigenvalue weighted by Crippen LogP contribution is 2.25. The maximum absolute atomic E-state index is 11.0. The maximum atomic E-state index is 11.0. The first-order chi connectivity index (χ1) is 8.97. The normalized spacial score (nSPS) is 11.9. The molecule has 0 aliphatic heterocycles. The number of rotatable bonds is 7. The molecule has 0 fully saturated rings. The van der Waals surface area contributed by atoms with E-state index in [-0.39, 0.29) is 18.1 Å². The van der Waals surface area contributed by atoms with E-state index in [4.69, 9.17) is 5.11 Å². The molecule has 1 heterocycles. The van der Waals surface area contributed by atoms with Gasteiger partial charge in [-0.25, -0.2) is 4.98 Å². The molecule has 0 aromatic carbocycles. The molecule has 2 N–H and O–H groups in total. The minimum absolute atomic E-state index is 0.108. The Morgan fingerprint density at radius 2 is 2.32 bits per heavy atom. The third-order valence-electron chi connectivity index (χ3n) is 2.81. The summed E-state index contributed by atoms with van der Waals surface area (Å²) in [5, 5.41) is 22.7. The van der Waals surface area contributed by atoms with Crippen LogP contribution in [-0.2, 0) is 4.79 Å². The van der Waals surface area contributed by atoms with Crippen LogP contribution in [0.15, 0.2) is 12.3 Å². The number of nitrogens with one attached hydrogen (secondary N) is 1. The number of nitro groups is 1. The molecule has 0 spiro atoms. The molecule has 104 valence electrons. The van der Waals surface area contributed by atoms with Crippen molar-refractivity contribution in [3.63, 3.8) is 0 Å². The third-order valence-corrected chi connectivity index (χ3v) is 2.81. The molecule has 7 nitrogen and oxygen atoms in total. The summed E-state index contributed by atoms with van der Waals surface area (Å²) < 4.78 is 0. The zero-order chi connectivity index (χ0) is 14.4. The Labute approximate surface area is 110 Å². The molecule has 0 amide bonds. The van der Waals surface area contributed by atoms with Gasteiger partial charge in [0.25, 0.3) is 0 Å². The average molecular weight is 267 g/mol. The first-order valence-corrected chi connectivity index (χ1v) is 6.04. The predicted octanol–water partition coefficient (Wildman–Crippen LogP) is 2.21. The SMILES string of the molecule is CCCC(CNc1nccc(C)c1[N+](=O)[O-])C(=O)O. The molecular formula is C12H17N3O4. The second kappa shape index (κ2) is 6.67. The van der Waals surface area contributed by atoms with Crippen molar-refractivity contribution in [2.75, 3.05) is 11.9 Å². The van der Waals surface area contributed by atoms with E-state index in [1.54, 1.807) is 13.0 Å². The number of aromatic nitrogens is 1. The van der Waals surface area contributed by atoms with Crippen LogP contribution < -0.4 is 5.32 Å². The summed E-state index contributed by atoms with van der Waals surface area (Å²) in [5.41, 5.74) is 0.382. The molecule has 0 saturated carbocycles. The second-order valence-electron chi connectivity index (χ2n) is 4.29. The summed E-state index contributed by atoms with van der Waals surface area (Å²) in [5.74, 6) is -1.37. The number of hydrogen-bond donors (Lipinski definition) is 2. The number of anilines is 1. The minimum atomic E-state index is -0.912. The fourth-order valence-electron chi connectivity index (χ4n) is 1.79. The Bertz CT molecular complexity index is 476. The Hall–Kier alpha value is -2.18. The van der Waals surface area contributed by atoms with Gasteiger partial charge in [-0.15, -0.1) is 0 Å². The summed E-state index contributed by atoms with van der Waals surface area (Å²) in [4.78, 5) is 25.4. The molecule has 1 aromatic rings. The van der Waals surface area contributed by atoms with Gasteiger partial charge in [-0.3, -0.25) is 14.9 Å². The highest BCUT2D eigenvalue weighted by molar-refractivity contribution is 5.71. The van der Waals surface area contributed by atoms with Crippen molar-refractivity contribution in [3.8, 4) is 0 Å². The van der Waals surface area contributed by atoms with Gasteiger partial charge in [0.1, 0.15) is 0 Å². The molecule has 1 unspecified atom stereocenters. The van der Waals surface area contributed by atoms with Gasteiger partial charge in [-0.1, -0.05) is 13.3 Å². The van der Waals surface area contributed by atoms with Gasteiger partial charge in [0, 0.05) is 18.3 Å². The van der Waals surface area contributed by atoms with Crippen LogP contribution in [0.4, 0.5) is 11.5 Å². The summed E-state index contributed by atoms with van der Waals surface area (Å²) >= 11 is 0. The molecule has 7 heteroatoms. The van der Waals surface area contributed by atoms with Crippen molar-refractivity contribution >= 4 is 17.5 Å². The molecule has 0 radical (unpaired) electrons. The van der Waals surface area contributed by atoms with E-state index in [9.17, 15) is 14.9 Å². The zero-order valence-electron chi connectivity index (χ0n) is 10.9. The largest absolute Gasteiger partial charge is 0.481 e. The fraction of sp³-hybridized carbons (Fsp3) is 0.500. The van der Waals surface area contributed by atoms with E-state index in [1.165, 1.54) is 6.20 Å². The van der Waals surface area contributed by atoms with Gasteiger partial charge >= 0.3 is 11.7 Å². The summed E-state index contributed by atoms with van der Waals surface area (Å²) in [6.45, 7) is 3.63. The number of carbonyl (C=O) groups is 1. The van der Waals surface area contributed by atoms with Gasteiger partial charge in [-0.2, -0.15) is 0 Å². The van der Waals surface area contributed by atoms with Crippen molar-refractivity contribution in [2.24, 2.45) is 5.92 Å². The number of aryl methyl sites for hydroxylation is 1. The van der Waals surface area contributed by atoms with E-state index < -0.39 is 16.8 Å². The van der Waals surface area contributed by atoms with Gasteiger partial charge < -0.3 is 10.4 Å². The van der Waals surface area contributed by atoms with Crippen molar-refractivity contribution in [3.05, 3.63) is 27.9 Å². The Balaban J connectivity index is 2.85. The van der Waals surface area contributed by atoms with Crippen LogP contribution in [0.3, 0.4) is 0 Å². The van der Waals surface area contributed by atoms with Crippen molar-refractivity contribution in [1.29, 1.82) is 0 Å². The maximum Gasteiger partial charge on any atom is 0.314 e. The Morgan fingerprint density at radius 1 is 1.63 bits per heavy atom. The molecule has 1 aromatic heterocycles. The van der Waals surface area contributed by atoms with Crippen molar-refractivity contribution in [1.82, 2.24) is 4.98 Å². The summed E-state index contributed by atoms with van der Waals surface area (Å²) in [6.07, 6.45) is 2.71. The fourth-order valence-corrected chi connectivity index (χ4v) is 1.79. The minimum Gasteiger partial charge on any atom is -0.481 e. The highest BCUT2D eigenvalue weighted by atomic mass is 16.6. The van der Waals surface area contributed by atoms with E-state index in [1.807, 2.05) is 6.92 Å². The van der Waals surface area contributed by atoms with E-state index in [2.05, 4.69) is 10.3 Å². The number of aliphatic carboxylic acids is 1. The summed E-state index contributed by atoms with van der Waals surface area (Å²) in [6, 6.07) is 1.55. The van der Waals surface area contributed by atoms with E-state index >= 15 is 0 Å². The van der Waals surface area contributed by atoms with Crippen LogP contribution in [-0.4, -0.2) is 27.5 Å². The Morgan fingerprint density at radius 3 is 2.84 bits per heavy atom. The molecular weight excluding hydrogens is 250 g/mol. The number of nitrogens with zero attached hydrogens (tertiary/aromatic N) is 2. The quantitative estimate of drug-likeness (QED) is 0.579. The number of hydrogen-bond acceptors (Lipinski definition) is 5. The first kappa shape index (κ1) is 14.9. The van der Waals surface area contributed by atoms with E-state index in [0.717, 1.165) is 6.42 Å². The van der Waals surface area contributed by atoms with Gasteiger partial charge in [0.05, 0.1) is 10.8 Å². The Kier molecular flexibility index (Phi) is 5.23. The highest BCUT2D eigenvalue weighted by Gasteiger charge is 2.21. The molecule has 0 aliphatic rings. The van der Waals surface area contributed by atoms with Crippen LogP contribution in [0.2, 0.25) is 0 Å². The lowest BCUT2D eigenvalue weighted by Gasteiger charge is -2.13. The lowest BCUT2D eigenvalue weighted by molar-refractivity contribution is -0.384. The number of pyridine rings is 1. The van der Waals surface area contributed by atoms with Crippen LogP contribution in [0.5, 0.6) is 0 Å². The van der Waals surface area contributed by atoms with Gasteiger partial charge in [0.15, 0.2) is 0 Å². The standard InChI is InChI=1S/C12H17N3O4/c1-3-4-9(12(16)17)7-14-11-10(15(18)19)8(2)5-6-13-11/h5-6,9H,3-4,7H2,1-2H3,(H,13,14)(H,16,17). The van der Waals surface area contributed by atoms with Gasteiger partial charge in [-0.05, 0) is 19.4 Å². The molecule has 0 aliphatic carbocycles. The number of carboxylic acid groups (broad SMARTS) is 1. The summed E-state index contributed by atoms with van der Waals surface area (Å²) in [7, 11) is 0. The predicted molar refractivity (Wildman–Crippen MR) is 70.2 cm³/mol. The van der Waals surface area contributed by atoms with Crippen molar-refractivity contribution in [2.45, 2.75) is 26.7 Å². The second-order valence-corrected chi connectivity index (χ2v) is 4.29. The number of carboxylic acids is 1. The van der Waals surface area contributed by atoms with Crippen LogP contribution in [0, 0.1) is 23.0 Å². The molecule has 0 bridgehead atoms. The monoisotopic (exact) mass is 267 g/mol. The molecule has 1 rings (SSSR count). The lowest BCUT2D eigenvalue weighted by atomic mass is 10.0. The topological polar surface area (TPSA) is 105 Å². The lowest BCUT2D eigenvalue weighted by Crippen LogP contribution is -2.23. The molecule has 0 saturated heterocycles.